The molecule has 0 bridgehead atoms. The average Bonchev–Trinajstić information content (AvgIpc) is 2.96. The van der Waals surface area contributed by atoms with Crippen LogP contribution in [0.25, 0.3) is 0 Å². The first-order valence-corrected chi connectivity index (χ1v) is 8.25. The predicted octanol–water partition coefficient (Wildman–Crippen LogP) is 1.65. The van der Waals surface area contributed by atoms with E-state index in [1.54, 1.807) is 10.8 Å². The molecule has 138 valence electrons. The van der Waals surface area contributed by atoms with Crippen LogP contribution >= 0.6 is 11.3 Å². The molecule has 0 saturated heterocycles. The molecule has 1 aromatic carbocycles. The first-order valence-electron chi connectivity index (χ1n) is 7.37. The van der Waals surface area contributed by atoms with E-state index in [0.29, 0.717) is 10.4 Å². The van der Waals surface area contributed by atoms with Crippen LogP contribution in [0.5, 0.6) is 0 Å². The number of aryl methyl sites for hydroxylation is 2. The van der Waals surface area contributed by atoms with Crippen LogP contribution in [0.4, 0.5) is 0 Å². The zero-order chi connectivity index (χ0) is 19.9. The summed E-state index contributed by atoms with van der Waals surface area (Å²) < 4.78 is 1.70. The van der Waals surface area contributed by atoms with E-state index < -0.39 is 11.9 Å². The number of carboxylic acid groups (broad SMARTS) is 2. The fraction of sp³-hybridized carbons (Fsp3) is 0.235. The number of Topliss-reactive ketones (excluding diaryl/α,β-unsaturated/α-hetero) is 1. The lowest BCUT2D eigenvalue weighted by molar-refractivity contribution is -0.159. The summed E-state index contributed by atoms with van der Waals surface area (Å²) >= 11 is 1.34. The molecular weight excluding hydrogens is 360 g/mol. The highest BCUT2D eigenvalue weighted by molar-refractivity contribution is 7.07. The zero-order valence-electron chi connectivity index (χ0n) is 14.4. The number of hydrogen-bond acceptors (Lipinski definition) is 5. The van der Waals surface area contributed by atoms with Crippen LogP contribution in [0.15, 0.2) is 34.8 Å². The minimum Gasteiger partial charge on any atom is -0.473 e. The Morgan fingerprint density at radius 1 is 1.08 bits per heavy atom. The van der Waals surface area contributed by atoms with Crippen LogP contribution in [-0.2, 0) is 20.9 Å². The second kappa shape index (κ2) is 9.42. The summed E-state index contributed by atoms with van der Waals surface area (Å²) in [6.07, 6.45) is 1.77. The van der Waals surface area contributed by atoms with Gasteiger partial charge in [0.2, 0.25) is 5.91 Å². The minimum atomic E-state index is -1.82. The van der Waals surface area contributed by atoms with E-state index in [9.17, 15) is 9.59 Å². The van der Waals surface area contributed by atoms with Gasteiger partial charge in [0.05, 0.1) is 6.54 Å². The van der Waals surface area contributed by atoms with Crippen molar-refractivity contribution in [3.05, 3.63) is 51.3 Å². The highest BCUT2D eigenvalue weighted by Crippen LogP contribution is 2.11. The Labute approximate surface area is 153 Å². The average molecular weight is 378 g/mol. The van der Waals surface area contributed by atoms with E-state index in [0.717, 1.165) is 11.1 Å². The van der Waals surface area contributed by atoms with Crippen molar-refractivity contribution in [3.63, 3.8) is 0 Å². The molecule has 0 aliphatic carbocycles. The van der Waals surface area contributed by atoms with Gasteiger partial charge in [0, 0.05) is 24.1 Å². The number of carbonyl (C=O) groups is 4. The second-order valence-corrected chi connectivity index (χ2v) is 6.15. The molecule has 8 nitrogen and oxygen atoms in total. The number of carboxylic acids is 2. The number of aromatic nitrogens is 1. The fourth-order valence-electron chi connectivity index (χ4n) is 1.80. The summed E-state index contributed by atoms with van der Waals surface area (Å²) in [5.41, 5.74) is 2.94. The van der Waals surface area contributed by atoms with Gasteiger partial charge in [0.1, 0.15) is 0 Å². The highest BCUT2D eigenvalue weighted by Gasteiger charge is 2.09. The summed E-state index contributed by atoms with van der Waals surface area (Å²) in [4.78, 5) is 46.0. The second-order valence-electron chi connectivity index (χ2n) is 5.28. The summed E-state index contributed by atoms with van der Waals surface area (Å²) in [5.74, 6) is -3.90. The van der Waals surface area contributed by atoms with E-state index in [1.807, 2.05) is 37.4 Å². The van der Waals surface area contributed by atoms with Gasteiger partial charge in [-0.05, 0) is 31.0 Å². The van der Waals surface area contributed by atoms with Crippen molar-refractivity contribution in [3.8, 4) is 0 Å². The fourth-order valence-corrected chi connectivity index (χ4v) is 2.57. The molecule has 1 amide bonds. The van der Waals surface area contributed by atoms with Crippen molar-refractivity contribution in [2.45, 2.75) is 27.3 Å². The summed E-state index contributed by atoms with van der Waals surface area (Å²) in [6, 6.07) is 5.67. The summed E-state index contributed by atoms with van der Waals surface area (Å²) in [7, 11) is 0. The SMILES string of the molecule is CC(=O)N=c1sccn1CC(=O)c1ccc(C)c(C)c1.O=C(O)C(=O)O. The van der Waals surface area contributed by atoms with Gasteiger partial charge in [-0.3, -0.25) is 9.59 Å². The number of amides is 1. The molecule has 0 aliphatic heterocycles. The Balaban J connectivity index is 0.000000487. The molecule has 1 heterocycles. The highest BCUT2D eigenvalue weighted by atomic mass is 32.1. The number of hydrogen-bond donors (Lipinski definition) is 2. The van der Waals surface area contributed by atoms with Crippen molar-refractivity contribution in [1.82, 2.24) is 4.57 Å². The smallest absolute Gasteiger partial charge is 0.414 e. The van der Waals surface area contributed by atoms with E-state index in [-0.39, 0.29) is 18.2 Å². The van der Waals surface area contributed by atoms with Gasteiger partial charge in [-0.25, -0.2) is 9.59 Å². The Morgan fingerprint density at radius 2 is 1.69 bits per heavy atom. The molecule has 0 unspecified atom stereocenters. The number of benzene rings is 1. The first-order chi connectivity index (χ1) is 12.1. The van der Waals surface area contributed by atoms with Crippen LogP contribution in [0.1, 0.15) is 28.4 Å². The van der Waals surface area contributed by atoms with E-state index in [1.165, 1.54) is 18.3 Å². The molecule has 0 aliphatic rings. The maximum atomic E-state index is 12.3. The summed E-state index contributed by atoms with van der Waals surface area (Å²) in [5, 5.41) is 16.6. The molecule has 2 aromatic rings. The maximum Gasteiger partial charge on any atom is 0.414 e. The molecule has 0 atom stereocenters. The lowest BCUT2D eigenvalue weighted by atomic mass is 10.0. The number of thiazole rings is 1. The van der Waals surface area contributed by atoms with Crippen molar-refractivity contribution < 1.29 is 29.4 Å². The van der Waals surface area contributed by atoms with Gasteiger partial charge < -0.3 is 14.8 Å². The van der Waals surface area contributed by atoms with Gasteiger partial charge in [-0.2, -0.15) is 4.99 Å². The molecule has 0 spiro atoms. The Bertz CT molecular complexity index is 898. The topological polar surface area (TPSA) is 126 Å². The Morgan fingerprint density at radius 3 is 2.19 bits per heavy atom. The van der Waals surface area contributed by atoms with Crippen molar-refractivity contribution >= 4 is 35.0 Å². The van der Waals surface area contributed by atoms with Crippen LogP contribution in [0.3, 0.4) is 0 Å². The van der Waals surface area contributed by atoms with E-state index >= 15 is 0 Å². The lowest BCUT2D eigenvalue weighted by Crippen LogP contribution is -2.20. The van der Waals surface area contributed by atoms with Gasteiger partial charge >= 0.3 is 11.9 Å². The molecule has 0 fully saturated rings. The van der Waals surface area contributed by atoms with Crippen LogP contribution in [-0.4, -0.2) is 38.4 Å². The quantitative estimate of drug-likeness (QED) is 0.618. The molecule has 2 rings (SSSR count). The maximum absolute atomic E-state index is 12.3. The number of ketones is 1. The van der Waals surface area contributed by atoms with Gasteiger partial charge in [0.25, 0.3) is 0 Å². The lowest BCUT2D eigenvalue weighted by Gasteiger charge is -2.05. The zero-order valence-corrected chi connectivity index (χ0v) is 15.2. The van der Waals surface area contributed by atoms with Crippen molar-refractivity contribution in [1.29, 1.82) is 0 Å². The number of nitrogens with zero attached hydrogens (tertiary/aromatic N) is 2. The summed E-state index contributed by atoms with van der Waals surface area (Å²) in [6.45, 7) is 5.59. The van der Waals surface area contributed by atoms with Gasteiger partial charge in [0.15, 0.2) is 10.6 Å². The monoisotopic (exact) mass is 378 g/mol. The van der Waals surface area contributed by atoms with Crippen molar-refractivity contribution in [2.75, 3.05) is 0 Å². The van der Waals surface area contributed by atoms with Gasteiger partial charge in [-0.15, -0.1) is 11.3 Å². The molecule has 0 radical (unpaired) electrons. The number of rotatable bonds is 3. The Hall–Kier alpha value is -3.07. The largest absolute Gasteiger partial charge is 0.473 e. The van der Waals surface area contributed by atoms with E-state index in [2.05, 4.69) is 4.99 Å². The Kier molecular flexibility index (Phi) is 7.60. The third-order valence-corrected chi connectivity index (χ3v) is 4.03. The molecule has 1 aromatic heterocycles. The molecule has 9 heteroatoms. The third-order valence-electron chi connectivity index (χ3n) is 3.24. The number of carbonyl (C=O) groups excluding carboxylic acids is 2. The standard InChI is InChI=1S/C15H16N2O2S.C2H2O4/c1-10-4-5-13(8-11(10)2)14(19)9-17-6-7-20-15(17)16-12(3)18;3-1(4)2(5)6/h4-8H,9H2,1-3H3;(H,3,4)(H,5,6). The van der Waals surface area contributed by atoms with Crippen LogP contribution < -0.4 is 4.80 Å². The minimum absolute atomic E-state index is 0.0107. The molecular formula is C17H18N2O6S. The third kappa shape index (κ3) is 6.44. The normalized spacial score (nSPS) is 10.7. The number of aliphatic carboxylic acids is 2. The van der Waals surface area contributed by atoms with Crippen LogP contribution in [0, 0.1) is 13.8 Å². The predicted molar refractivity (Wildman–Crippen MR) is 94.1 cm³/mol. The molecule has 2 N–H and O–H groups in total. The van der Waals surface area contributed by atoms with Gasteiger partial charge in [-0.1, -0.05) is 12.1 Å². The first kappa shape index (κ1) is 21.0. The molecule has 0 saturated carbocycles. The van der Waals surface area contributed by atoms with Crippen LogP contribution in [0.2, 0.25) is 0 Å². The molecule has 26 heavy (non-hydrogen) atoms. The van der Waals surface area contributed by atoms with Crippen molar-refractivity contribution in [2.24, 2.45) is 4.99 Å². The van der Waals surface area contributed by atoms with E-state index in [4.69, 9.17) is 19.8 Å².